The summed E-state index contributed by atoms with van der Waals surface area (Å²) in [4.78, 5) is 33.9. The van der Waals surface area contributed by atoms with E-state index in [-0.39, 0.29) is 17.7 Å². The van der Waals surface area contributed by atoms with Gasteiger partial charge in [0, 0.05) is 5.56 Å². The highest BCUT2D eigenvalue weighted by Crippen LogP contribution is 2.38. The van der Waals surface area contributed by atoms with Crippen LogP contribution < -0.4 is 24.4 Å². The fourth-order valence-corrected chi connectivity index (χ4v) is 7.10. The number of methoxy groups -OCH3 is 2. The molecule has 0 unspecified atom stereocenters. The summed E-state index contributed by atoms with van der Waals surface area (Å²) < 4.78 is 18.8. The fourth-order valence-electron chi connectivity index (χ4n) is 6.11. The second-order valence-corrected chi connectivity index (χ2v) is 11.8. The van der Waals surface area contributed by atoms with Gasteiger partial charge in [-0.05, 0) is 63.9 Å². The summed E-state index contributed by atoms with van der Waals surface area (Å²) >= 11 is 1.30. The Bertz CT molecular complexity index is 2300. The van der Waals surface area contributed by atoms with Crippen LogP contribution in [0.2, 0.25) is 0 Å². The summed E-state index contributed by atoms with van der Waals surface area (Å²) in [5.41, 5.74) is 2.84. The van der Waals surface area contributed by atoms with Gasteiger partial charge in [0.25, 0.3) is 5.56 Å². The van der Waals surface area contributed by atoms with Crippen LogP contribution in [0.4, 0.5) is 0 Å². The highest BCUT2D eigenvalue weighted by atomic mass is 32.1. The molecule has 1 aliphatic heterocycles. The molecule has 8 heteroatoms. The van der Waals surface area contributed by atoms with Crippen molar-refractivity contribution >= 4 is 50.6 Å². The highest BCUT2D eigenvalue weighted by molar-refractivity contribution is 7.07. The number of benzene rings is 5. The molecule has 0 N–H and O–H groups in total. The first kappa shape index (κ1) is 29.3. The van der Waals surface area contributed by atoms with Crippen molar-refractivity contribution in [3.8, 4) is 11.5 Å². The van der Waals surface area contributed by atoms with Gasteiger partial charge in [-0.15, -0.1) is 0 Å². The number of hydrogen-bond acceptors (Lipinski definition) is 7. The molecular weight excluding hydrogens is 596 g/mol. The molecule has 2 heterocycles. The van der Waals surface area contributed by atoms with Gasteiger partial charge >= 0.3 is 5.97 Å². The maximum absolute atomic E-state index is 14.6. The third kappa shape index (κ3) is 4.97. The lowest BCUT2D eigenvalue weighted by Gasteiger charge is -2.26. The second-order valence-electron chi connectivity index (χ2n) is 10.8. The van der Waals surface area contributed by atoms with Gasteiger partial charge in [-0.3, -0.25) is 9.36 Å². The van der Waals surface area contributed by atoms with E-state index in [1.807, 2.05) is 66.7 Å². The molecule has 0 radical (unpaired) electrons. The van der Waals surface area contributed by atoms with Gasteiger partial charge in [0.1, 0.15) is 0 Å². The zero-order chi connectivity index (χ0) is 31.8. The Morgan fingerprint density at radius 1 is 0.848 bits per heavy atom. The predicted molar refractivity (Wildman–Crippen MR) is 182 cm³/mol. The molecule has 0 saturated heterocycles. The van der Waals surface area contributed by atoms with Crippen molar-refractivity contribution in [2.45, 2.75) is 13.0 Å². The van der Waals surface area contributed by atoms with Crippen molar-refractivity contribution in [2.24, 2.45) is 4.99 Å². The first-order valence-corrected chi connectivity index (χ1v) is 15.7. The topological polar surface area (TPSA) is 79.1 Å². The molecule has 0 aliphatic carbocycles. The first-order chi connectivity index (χ1) is 22.5. The number of carbonyl (C=O) groups excluding carboxylic acids is 1. The Kier molecular flexibility index (Phi) is 7.72. The lowest BCUT2D eigenvalue weighted by Crippen LogP contribution is -2.40. The molecule has 46 heavy (non-hydrogen) atoms. The Morgan fingerprint density at radius 2 is 1.50 bits per heavy atom. The maximum atomic E-state index is 14.6. The third-order valence-corrected chi connectivity index (χ3v) is 9.17. The molecule has 6 aromatic rings. The number of hydrogen-bond donors (Lipinski definition) is 0. The zero-order valence-corrected chi connectivity index (χ0v) is 26.3. The van der Waals surface area contributed by atoms with Crippen molar-refractivity contribution in [3.63, 3.8) is 0 Å². The molecule has 1 atom stereocenters. The molecule has 0 bridgehead atoms. The van der Waals surface area contributed by atoms with Crippen LogP contribution >= 0.6 is 11.3 Å². The average molecular weight is 627 g/mol. The SMILES string of the molecule is CCOC(=O)C1=C(c2ccccc2)N=c2s/c(=C\c3c4ccccc4cc4ccccc34)c(=O)n2[C@@H]1c1ccc(OC)c(OC)c1. The van der Waals surface area contributed by atoms with Gasteiger partial charge in [-0.1, -0.05) is 96.3 Å². The number of fused-ring (bicyclic) bond motifs is 3. The van der Waals surface area contributed by atoms with E-state index in [1.165, 1.54) is 11.3 Å². The monoisotopic (exact) mass is 626 g/mol. The van der Waals surface area contributed by atoms with Crippen LogP contribution in [0.1, 0.15) is 29.7 Å². The third-order valence-electron chi connectivity index (χ3n) is 8.19. The number of carbonyl (C=O) groups is 1. The van der Waals surface area contributed by atoms with E-state index in [2.05, 4.69) is 30.3 Å². The molecule has 228 valence electrons. The molecule has 0 saturated carbocycles. The van der Waals surface area contributed by atoms with E-state index in [0.717, 1.165) is 32.7 Å². The van der Waals surface area contributed by atoms with Crippen molar-refractivity contribution < 1.29 is 19.0 Å². The Hall–Kier alpha value is -5.47. The van der Waals surface area contributed by atoms with Crippen LogP contribution in [0.15, 0.2) is 118 Å². The Labute approximate surface area is 268 Å². The molecule has 7 rings (SSSR count). The number of aromatic nitrogens is 1. The van der Waals surface area contributed by atoms with Gasteiger partial charge in [0.15, 0.2) is 16.3 Å². The van der Waals surface area contributed by atoms with Gasteiger partial charge in [-0.25, -0.2) is 9.79 Å². The number of nitrogens with zero attached hydrogens (tertiary/aromatic N) is 2. The van der Waals surface area contributed by atoms with Gasteiger partial charge in [0.2, 0.25) is 0 Å². The lowest BCUT2D eigenvalue weighted by atomic mass is 9.93. The van der Waals surface area contributed by atoms with Gasteiger partial charge in [-0.2, -0.15) is 0 Å². The van der Waals surface area contributed by atoms with Crippen molar-refractivity contribution in [1.29, 1.82) is 0 Å². The number of esters is 1. The van der Waals surface area contributed by atoms with Crippen molar-refractivity contribution in [2.75, 3.05) is 20.8 Å². The minimum atomic E-state index is -0.836. The van der Waals surface area contributed by atoms with E-state index in [9.17, 15) is 9.59 Å². The summed E-state index contributed by atoms with van der Waals surface area (Å²) in [7, 11) is 3.12. The summed E-state index contributed by atoms with van der Waals surface area (Å²) in [6.07, 6.45) is 1.95. The smallest absolute Gasteiger partial charge is 0.338 e. The average Bonchev–Trinajstić information content (AvgIpc) is 3.41. The van der Waals surface area contributed by atoms with Crippen LogP contribution in [0, 0.1) is 0 Å². The van der Waals surface area contributed by atoms with E-state index in [1.54, 1.807) is 37.8 Å². The zero-order valence-electron chi connectivity index (χ0n) is 25.5. The van der Waals surface area contributed by atoms with Crippen LogP contribution in [0.25, 0.3) is 33.3 Å². The maximum Gasteiger partial charge on any atom is 0.338 e. The Balaban J connectivity index is 1.56. The fraction of sp³-hybridized carbons (Fsp3) is 0.132. The normalized spacial score (nSPS) is 14.7. The van der Waals surface area contributed by atoms with E-state index in [4.69, 9.17) is 19.2 Å². The Morgan fingerprint density at radius 3 is 2.15 bits per heavy atom. The molecule has 0 fully saturated rings. The van der Waals surface area contributed by atoms with Crippen LogP contribution in [0.3, 0.4) is 0 Å². The molecule has 0 spiro atoms. The van der Waals surface area contributed by atoms with Crippen LogP contribution in [-0.2, 0) is 9.53 Å². The molecular formula is C38H30N2O5S. The molecule has 7 nitrogen and oxygen atoms in total. The highest BCUT2D eigenvalue weighted by Gasteiger charge is 2.35. The standard InChI is InChI=1S/C38H30N2O5S/c1-4-45-37(42)33-34(23-12-6-5-7-13-23)39-38-40(35(33)26-18-19-30(43-2)31(21-26)44-3)36(41)32(46-38)22-29-27-16-10-8-14-24(27)20-25-15-9-11-17-28(25)29/h5-22,35H,4H2,1-3H3/b32-22-/t35-/m1/s1. The lowest BCUT2D eigenvalue weighted by molar-refractivity contribution is -0.138. The predicted octanol–water partition coefficient (Wildman–Crippen LogP) is 6.26. The van der Waals surface area contributed by atoms with Crippen LogP contribution in [0.5, 0.6) is 11.5 Å². The van der Waals surface area contributed by atoms with Crippen molar-refractivity contribution in [1.82, 2.24) is 4.57 Å². The molecule has 0 amide bonds. The summed E-state index contributed by atoms with van der Waals surface area (Å²) in [6.45, 7) is 1.93. The molecule has 1 aromatic heterocycles. The molecule has 1 aliphatic rings. The van der Waals surface area contributed by atoms with Gasteiger partial charge < -0.3 is 14.2 Å². The number of thiazole rings is 1. The minimum Gasteiger partial charge on any atom is -0.493 e. The summed E-state index contributed by atoms with van der Waals surface area (Å²) in [6, 6.07) is 32.6. The summed E-state index contributed by atoms with van der Waals surface area (Å²) in [5.74, 6) is 0.469. The van der Waals surface area contributed by atoms with E-state index in [0.29, 0.717) is 32.1 Å². The molecule has 5 aromatic carbocycles. The second kappa shape index (κ2) is 12.1. The van der Waals surface area contributed by atoms with Crippen molar-refractivity contribution in [3.05, 3.63) is 145 Å². The van der Waals surface area contributed by atoms with Crippen LogP contribution in [-0.4, -0.2) is 31.4 Å². The minimum absolute atomic E-state index is 0.168. The van der Waals surface area contributed by atoms with E-state index < -0.39 is 12.0 Å². The quantitative estimate of drug-likeness (QED) is 0.154. The first-order valence-electron chi connectivity index (χ1n) is 14.9. The number of ether oxygens (including phenoxy) is 3. The van der Waals surface area contributed by atoms with Gasteiger partial charge in [0.05, 0.1) is 42.7 Å². The largest absolute Gasteiger partial charge is 0.493 e. The van der Waals surface area contributed by atoms with E-state index >= 15 is 0 Å². The number of rotatable bonds is 7. The summed E-state index contributed by atoms with van der Waals surface area (Å²) in [5, 5.41) is 4.25.